The highest BCUT2D eigenvalue weighted by Crippen LogP contribution is 2.30. The van der Waals surface area contributed by atoms with Crippen molar-refractivity contribution >= 4 is 45.9 Å². The van der Waals surface area contributed by atoms with Gasteiger partial charge < -0.3 is 19.7 Å². The van der Waals surface area contributed by atoms with Gasteiger partial charge in [-0.2, -0.15) is 39.5 Å². The number of aliphatic hydroxyl groups excluding tert-OH is 2. The SMILES string of the molecule is C=CC/C(=C\CCC(C)=O)C(F)(F)F.C=CC/C(=C\CI)C(F)(F)F.C=CC/C(=C\C[C@H](O)C(C)=O)C(F)(F)F.CC(=O)CC(=O)OC(C)(C)C.CO. The quantitative estimate of drug-likeness (QED) is 0.0420. The van der Waals surface area contributed by atoms with Gasteiger partial charge in [0.15, 0.2) is 5.78 Å². The molecule has 0 bridgehead atoms. The monoisotopic (exact) mass is 894 g/mol. The number of ether oxygens (including phenoxy) is 1. The average molecular weight is 895 g/mol. The van der Waals surface area contributed by atoms with Crippen molar-refractivity contribution in [2.24, 2.45) is 0 Å². The van der Waals surface area contributed by atoms with E-state index in [1.54, 1.807) is 20.8 Å². The summed E-state index contributed by atoms with van der Waals surface area (Å²) in [6, 6.07) is 0. The van der Waals surface area contributed by atoms with Crippen LogP contribution in [0.25, 0.3) is 0 Å². The first-order valence-corrected chi connectivity index (χ1v) is 17.0. The maximum atomic E-state index is 12.3. The second-order valence-electron chi connectivity index (χ2n) is 11.4. The van der Waals surface area contributed by atoms with Crippen LogP contribution >= 0.6 is 22.6 Å². The lowest BCUT2D eigenvalue weighted by atomic mass is 10.1. The van der Waals surface area contributed by atoms with E-state index < -0.39 is 58.7 Å². The lowest BCUT2D eigenvalue weighted by Crippen LogP contribution is -2.24. The molecule has 0 saturated carbocycles. The molecular weight excluding hydrogens is 842 g/mol. The zero-order valence-corrected chi connectivity index (χ0v) is 33.2. The van der Waals surface area contributed by atoms with Crippen molar-refractivity contribution in [2.45, 2.75) is 117 Å². The summed E-state index contributed by atoms with van der Waals surface area (Å²) in [5, 5.41) is 16.0. The van der Waals surface area contributed by atoms with E-state index >= 15 is 0 Å². The summed E-state index contributed by atoms with van der Waals surface area (Å²) in [5.41, 5.74) is -2.43. The molecule has 0 aliphatic rings. The van der Waals surface area contributed by atoms with Gasteiger partial charge >= 0.3 is 24.5 Å². The summed E-state index contributed by atoms with van der Waals surface area (Å²) in [7, 11) is 1.00. The normalized spacial score (nSPS) is 12.7. The smallest absolute Gasteiger partial charge is 0.412 e. The molecule has 0 unspecified atom stereocenters. The van der Waals surface area contributed by atoms with E-state index in [4.69, 9.17) is 14.9 Å². The third-order valence-corrected chi connectivity index (χ3v) is 5.71. The van der Waals surface area contributed by atoms with Gasteiger partial charge in [0.25, 0.3) is 0 Å². The van der Waals surface area contributed by atoms with Gasteiger partial charge in [-0.3, -0.25) is 14.4 Å². The molecule has 2 N–H and O–H groups in total. The fraction of sp³-hybridized carbons (Fsp3) is 0.556. The van der Waals surface area contributed by atoms with Gasteiger partial charge in [0.05, 0.1) is 0 Å². The van der Waals surface area contributed by atoms with Crippen molar-refractivity contribution in [2.75, 3.05) is 11.5 Å². The minimum atomic E-state index is -4.44. The van der Waals surface area contributed by atoms with Gasteiger partial charge in [0.1, 0.15) is 29.7 Å². The summed E-state index contributed by atoms with van der Waals surface area (Å²) in [6.45, 7) is 18.9. The minimum absolute atomic E-state index is 0.105. The van der Waals surface area contributed by atoms with Gasteiger partial charge in [0, 0.05) is 34.7 Å². The van der Waals surface area contributed by atoms with Crippen molar-refractivity contribution in [3.63, 3.8) is 0 Å². The zero-order chi connectivity index (χ0) is 43.2. The zero-order valence-electron chi connectivity index (χ0n) is 31.0. The Balaban J connectivity index is -0.000000192. The summed E-state index contributed by atoms with van der Waals surface area (Å²) in [6.07, 6.45) is -8.48. The standard InChI is InChI=1S/C10H13F3O2.C10H13F3O.C8H14O3.C7H8F3I.CH4O/c1-3-4-8(10(11,12)13)5-6-9(15)7(2)14;1-3-5-9(10(11,12)13)7-4-6-8(2)14;1-6(9)5-7(10)11-8(2,3)4;1-2-3-6(4-5-11)7(8,9)10;1-2/h3,5,9,15H,1,4,6H2,2H3;3,7H,1,4-6H2,2H3;5H2,1-4H3;2,4H,1,3,5H2;2H,1H3/b8-5+;9-7+;;6-4+;/t9-;;;;/m0..../s1. The van der Waals surface area contributed by atoms with Crippen LogP contribution < -0.4 is 0 Å². The molecule has 0 rings (SSSR count). The Labute approximate surface area is 319 Å². The van der Waals surface area contributed by atoms with Crippen LogP contribution in [0.3, 0.4) is 0 Å². The fourth-order valence-corrected chi connectivity index (χ4v) is 3.49. The van der Waals surface area contributed by atoms with Crippen LogP contribution in [0.15, 0.2) is 72.9 Å². The first-order chi connectivity index (χ1) is 24.0. The van der Waals surface area contributed by atoms with E-state index in [0.29, 0.717) is 4.43 Å². The molecule has 0 amide bonds. The molecule has 0 aliphatic heterocycles. The van der Waals surface area contributed by atoms with Crippen LogP contribution in [0.4, 0.5) is 39.5 Å². The number of carbonyl (C=O) groups excluding carboxylic acids is 4. The second kappa shape index (κ2) is 31.3. The van der Waals surface area contributed by atoms with Crippen molar-refractivity contribution in [1.29, 1.82) is 0 Å². The Bertz CT molecular complexity index is 1210. The van der Waals surface area contributed by atoms with E-state index in [9.17, 15) is 58.7 Å². The minimum Gasteiger partial charge on any atom is -0.460 e. The lowest BCUT2D eigenvalue weighted by Gasteiger charge is -2.18. The van der Waals surface area contributed by atoms with Crippen LogP contribution in [0.2, 0.25) is 0 Å². The molecule has 1 atom stereocenters. The highest BCUT2D eigenvalue weighted by molar-refractivity contribution is 14.1. The highest BCUT2D eigenvalue weighted by Gasteiger charge is 2.33. The molecule has 0 aromatic carbocycles. The largest absolute Gasteiger partial charge is 0.460 e. The number of rotatable bonds is 15. The molecule has 0 aromatic heterocycles. The molecule has 17 heteroatoms. The molecule has 0 saturated heterocycles. The predicted molar refractivity (Wildman–Crippen MR) is 196 cm³/mol. The van der Waals surface area contributed by atoms with E-state index in [0.717, 1.165) is 32.3 Å². The molecule has 0 aliphatic carbocycles. The fourth-order valence-electron chi connectivity index (χ4n) is 2.95. The molecular formula is C36H52F9IO7. The second-order valence-corrected chi connectivity index (χ2v) is 12.3. The van der Waals surface area contributed by atoms with E-state index in [1.807, 2.05) is 22.6 Å². The number of ketones is 3. The number of esters is 1. The third-order valence-electron chi connectivity index (χ3n) is 5.27. The number of halogens is 10. The molecule has 0 aromatic rings. The third kappa shape index (κ3) is 41.6. The Hall–Kier alpha value is -3.06. The number of aliphatic hydroxyl groups is 2. The summed E-state index contributed by atoms with van der Waals surface area (Å²) in [5.74, 6) is -1.28. The van der Waals surface area contributed by atoms with Gasteiger partial charge in [-0.05, 0) is 73.6 Å². The number of alkyl halides is 10. The van der Waals surface area contributed by atoms with E-state index in [2.05, 4.69) is 19.7 Å². The molecule has 0 heterocycles. The number of allylic oxidation sites excluding steroid dienone is 8. The van der Waals surface area contributed by atoms with Crippen molar-refractivity contribution in [3.05, 3.63) is 72.9 Å². The molecule has 53 heavy (non-hydrogen) atoms. The van der Waals surface area contributed by atoms with Gasteiger partial charge in [0.2, 0.25) is 0 Å². The van der Waals surface area contributed by atoms with Crippen molar-refractivity contribution in [3.8, 4) is 0 Å². The van der Waals surface area contributed by atoms with Crippen LogP contribution in [0.5, 0.6) is 0 Å². The number of hydrogen-bond donors (Lipinski definition) is 2. The number of carbonyl (C=O) groups is 4. The van der Waals surface area contributed by atoms with Crippen LogP contribution in [0, 0.1) is 0 Å². The molecule has 0 spiro atoms. The molecule has 0 fully saturated rings. The summed E-state index contributed by atoms with van der Waals surface area (Å²) < 4.78 is 115. The Kier molecular flexibility index (Phi) is 35.0. The van der Waals surface area contributed by atoms with E-state index in [1.165, 1.54) is 32.1 Å². The van der Waals surface area contributed by atoms with Crippen LogP contribution in [-0.4, -0.2) is 75.3 Å². The van der Waals surface area contributed by atoms with Gasteiger partial charge in [-0.1, -0.05) is 59.0 Å². The number of hydrogen-bond acceptors (Lipinski definition) is 7. The van der Waals surface area contributed by atoms with E-state index in [-0.39, 0.29) is 56.5 Å². The maximum Gasteiger partial charge on any atom is 0.412 e. The lowest BCUT2D eigenvalue weighted by molar-refractivity contribution is -0.156. The summed E-state index contributed by atoms with van der Waals surface area (Å²) >= 11 is 1.87. The first kappa shape index (κ1) is 59.2. The topological polar surface area (TPSA) is 118 Å². The molecule has 0 radical (unpaired) electrons. The van der Waals surface area contributed by atoms with Gasteiger partial charge in [-0.25, -0.2) is 0 Å². The van der Waals surface area contributed by atoms with Crippen LogP contribution in [0.1, 0.15) is 86.5 Å². The first-order valence-electron chi connectivity index (χ1n) is 15.5. The van der Waals surface area contributed by atoms with Gasteiger partial charge in [-0.15, -0.1) is 19.7 Å². The molecule has 7 nitrogen and oxygen atoms in total. The average Bonchev–Trinajstić information content (AvgIpc) is 2.97. The van der Waals surface area contributed by atoms with Crippen molar-refractivity contribution < 1.29 is 73.6 Å². The Morgan fingerprint density at radius 2 is 1.04 bits per heavy atom. The Morgan fingerprint density at radius 3 is 1.30 bits per heavy atom. The molecule has 308 valence electrons. The van der Waals surface area contributed by atoms with Crippen LogP contribution in [-0.2, 0) is 23.9 Å². The highest BCUT2D eigenvalue weighted by atomic mass is 127. The summed E-state index contributed by atoms with van der Waals surface area (Å²) in [4.78, 5) is 42.4. The Morgan fingerprint density at radius 1 is 0.679 bits per heavy atom. The predicted octanol–water partition coefficient (Wildman–Crippen LogP) is 10.2. The number of Topliss-reactive ketones (excluding diaryl/α,β-unsaturated/α-hetero) is 3. The maximum absolute atomic E-state index is 12.3. The van der Waals surface area contributed by atoms with Crippen molar-refractivity contribution in [1.82, 2.24) is 0 Å².